The maximum atomic E-state index is 4.76. The van der Waals surface area contributed by atoms with E-state index in [4.69, 9.17) is 4.98 Å². The average molecular weight is 424 g/mol. The summed E-state index contributed by atoms with van der Waals surface area (Å²) in [7, 11) is 2.19. The number of piperazine rings is 1. The van der Waals surface area contributed by atoms with Crippen molar-refractivity contribution < 1.29 is 0 Å². The molecule has 0 radical (unpaired) electrons. The van der Waals surface area contributed by atoms with E-state index < -0.39 is 0 Å². The van der Waals surface area contributed by atoms with E-state index in [2.05, 4.69) is 74.1 Å². The van der Waals surface area contributed by atoms with Crippen LogP contribution in [0.15, 0.2) is 58.3 Å². The first kappa shape index (κ1) is 20.7. The van der Waals surface area contributed by atoms with E-state index in [0.717, 1.165) is 67.3 Å². The fraction of sp³-hybridized carbons (Fsp3) is 0.364. The van der Waals surface area contributed by atoms with E-state index in [-0.39, 0.29) is 0 Å². The van der Waals surface area contributed by atoms with Crippen LogP contribution in [0.3, 0.4) is 0 Å². The molecule has 0 bridgehead atoms. The largest absolute Gasteiger partial charge is 0.369 e. The van der Waals surface area contributed by atoms with Gasteiger partial charge in [0.05, 0.1) is 0 Å². The summed E-state index contributed by atoms with van der Waals surface area (Å²) in [4.78, 5) is 12.0. The molecule has 1 saturated heterocycles. The standard InChI is InChI=1S/C22H29N7S/c1-17-14-22(27-26-17)25-21-16-19(30-18-6-4-3-5-7-18)15-20(24-21)23-8-9-29-12-10-28(2)11-13-29/h3-7,14-16H,8-13H2,1-2H3,(H3,23,24,25,26,27). The Kier molecular flexibility index (Phi) is 6.88. The Morgan fingerprint density at radius 1 is 0.967 bits per heavy atom. The van der Waals surface area contributed by atoms with Crippen molar-refractivity contribution in [2.24, 2.45) is 0 Å². The van der Waals surface area contributed by atoms with Crippen molar-refractivity contribution in [1.29, 1.82) is 0 Å². The summed E-state index contributed by atoms with van der Waals surface area (Å²) in [6.45, 7) is 8.40. The molecule has 1 aliphatic heterocycles. The maximum Gasteiger partial charge on any atom is 0.153 e. The minimum absolute atomic E-state index is 0.769. The van der Waals surface area contributed by atoms with Gasteiger partial charge in [-0.05, 0) is 38.2 Å². The van der Waals surface area contributed by atoms with Crippen LogP contribution in [0.5, 0.6) is 0 Å². The predicted octanol–water partition coefficient (Wildman–Crippen LogP) is 3.67. The van der Waals surface area contributed by atoms with Crippen LogP contribution in [0.25, 0.3) is 0 Å². The molecule has 0 spiro atoms. The second-order valence-electron chi connectivity index (χ2n) is 7.62. The zero-order valence-corrected chi connectivity index (χ0v) is 18.4. The topological polar surface area (TPSA) is 72.1 Å². The van der Waals surface area contributed by atoms with Gasteiger partial charge < -0.3 is 15.5 Å². The highest BCUT2D eigenvalue weighted by Gasteiger charge is 2.13. The lowest BCUT2D eigenvalue weighted by Gasteiger charge is -2.32. The number of pyridine rings is 1. The lowest BCUT2D eigenvalue weighted by atomic mass is 10.3. The van der Waals surface area contributed by atoms with Gasteiger partial charge in [0.2, 0.25) is 0 Å². The number of anilines is 3. The molecule has 3 heterocycles. The Labute approximate surface area is 182 Å². The van der Waals surface area contributed by atoms with Crippen LogP contribution in [0.1, 0.15) is 5.69 Å². The number of aryl methyl sites for hydroxylation is 1. The van der Waals surface area contributed by atoms with Gasteiger partial charge in [-0.15, -0.1) is 0 Å². The van der Waals surface area contributed by atoms with Gasteiger partial charge in [-0.1, -0.05) is 30.0 Å². The zero-order chi connectivity index (χ0) is 20.8. The highest BCUT2D eigenvalue weighted by Crippen LogP contribution is 2.31. The summed E-state index contributed by atoms with van der Waals surface area (Å²) in [6.07, 6.45) is 0. The fourth-order valence-electron chi connectivity index (χ4n) is 3.37. The summed E-state index contributed by atoms with van der Waals surface area (Å²) in [5.74, 6) is 2.43. The number of H-pyrrole nitrogens is 1. The molecule has 3 N–H and O–H groups in total. The summed E-state index contributed by atoms with van der Waals surface area (Å²) in [6, 6.07) is 16.5. The van der Waals surface area contributed by atoms with E-state index in [1.54, 1.807) is 11.8 Å². The molecule has 30 heavy (non-hydrogen) atoms. The number of hydrogen-bond donors (Lipinski definition) is 3. The van der Waals surface area contributed by atoms with Crippen LogP contribution in [0, 0.1) is 6.92 Å². The van der Waals surface area contributed by atoms with Crippen LogP contribution in [0.2, 0.25) is 0 Å². The number of aromatic nitrogens is 3. The van der Waals surface area contributed by atoms with Gasteiger partial charge in [-0.3, -0.25) is 10.00 Å². The quantitative estimate of drug-likeness (QED) is 0.511. The number of nitrogens with one attached hydrogen (secondary N) is 3. The smallest absolute Gasteiger partial charge is 0.153 e. The van der Waals surface area contributed by atoms with E-state index in [9.17, 15) is 0 Å². The van der Waals surface area contributed by atoms with Crippen LogP contribution < -0.4 is 10.6 Å². The molecule has 8 heteroatoms. The Hall–Kier alpha value is -2.55. The Balaban J connectivity index is 1.44. The molecular weight excluding hydrogens is 394 g/mol. The van der Waals surface area contributed by atoms with E-state index in [1.807, 2.05) is 19.1 Å². The molecule has 0 atom stereocenters. The fourth-order valence-corrected chi connectivity index (χ4v) is 4.28. The second-order valence-corrected chi connectivity index (χ2v) is 8.77. The Morgan fingerprint density at radius 3 is 2.47 bits per heavy atom. The molecular formula is C22H29N7S. The van der Waals surface area contributed by atoms with Gasteiger partial charge in [0.1, 0.15) is 11.6 Å². The molecule has 0 aliphatic carbocycles. The lowest BCUT2D eigenvalue weighted by molar-refractivity contribution is 0.158. The third-order valence-electron chi connectivity index (χ3n) is 5.07. The molecule has 2 aromatic heterocycles. The van der Waals surface area contributed by atoms with E-state index >= 15 is 0 Å². The van der Waals surface area contributed by atoms with Gasteiger partial charge >= 0.3 is 0 Å². The van der Waals surface area contributed by atoms with Crippen molar-refractivity contribution in [3.8, 4) is 0 Å². The van der Waals surface area contributed by atoms with Crippen molar-refractivity contribution in [2.75, 3.05) is 56.9 Å². The molecule has 3 aromatic rings. The molecule has 0 unspecified atom stereocenters. The van der Waals surface area contributed by atoms with Crippen molar-refractivity contribution in [2.45, 2.75) is 16.7 Å². The SMILES string of the molecule is Cc1cc(Nc2cc(Sc3ccccc3)cc(NCCN3CCN(C)CC3)n2)n[nH]1. The van der Waals surface area contributed by atoms with Crippen molar-refractivity contribution in [3.05, 3.63) is 54.2 Å². The van der Waals surface area contributed by atoms with Crippen molar-refractivity contribution in [1.82, 2.24) is 25.0 Å². The van der Waals surface area contributed by atoms with Gasteiger partial charge in [-0.2, -0.15) is 5.10 Å². The number of likely N-dealkylation sites (N-methyl/N-ethyl adjacent to an activating group) is 1. The van der Waals surface area contributed by atoms with Crippen LogP contribution >= 0.6 is 11.8 Å². The van der Waals surface area contributed by atoms with Gasteiger partial charge in [0.25, 0.3) is 0 Å². The molecule has 4 rings (SSSR count). The molecule has 0 amide bonds. The second kappa shape index (κ2) is 9.97. The summed E-state index contributed by atoms with van der Waals surface area (Å²) in [5.41, 5.74) is 1.01. The number of aromatic amines is 1. The van der Waals surface area contributed by atoms with Crippen molar-refractivity contribution >= 4 is 29.2 Å². The minimum atomic E-state index is 0.769. The Morgan fingerprint density at radius 2 is 1.73 bits per heavy atom. The van der Waals surface area contributed by atoms with Crippen LogP contribution in [0.4, 0.5) is 17.5 Å². The van der Waals surface area contributed by atoms with E-state index in [0.29, 0.717) is 0 Å². The first-order valence-electron chi connectivity index (χ1n) is 10.3. The maximum absolute atomic E-state index is 4.76. The van der Waals surface area contributed by atoms with Crippen LogP contribution in [-0.4, -0.2) is 71.3 Å². The van der Waals surface area contributed by atoms with Gasteiger partial charge in [-0.25, -0.2) is 4.98 Å². The number of hydrogen-bond acceptors (Lipinski definition) is 7. The monoisotopic (exact) mass is 423 g/mol. The third-order valence-corrected chi connectivity index (χ3v) is 6.05. The summed E-state index contributed by atoms with van der Waals surface area (Å²) >= 11 is 1.73. The zero-order valence-electron chi connectivity index (χ0n) is 17.6. The van der Waals surface area contributed by atoms with E-state index in [1.165, 1.54) is 4.90 Å². The summed E-state index contributed by atoms with van der Waals surface area (Å²) < 4.78 is 0. The molecule has 1 fully saturated rings. The van der Waals surface area contributed by atoms with Crippen molar-refractivity contribution in [3.63, 3.8) is 0 Å². The van der Waals surface area contributed by atoms with Gasteiger partial charge in [0, 0.05) is 60.8 Å². The predicted molar refractivity (Wildman–Crippen MR) is 124 cm³/mol. The first-order chi connectivity index (χ1) is 14.6. The third kappa shape index (κ3) is 5.98. The number of benzene rings is 1. The lowest BCUT2D eigenvalue weighted by Crippen LogP contribution is -2.45. The number of nitrogens with zero attached hydrogens (tertiary/aromatic N) is 4. The molecule has 158 valence electrons. The van der Waals surface area contributed by atoms with Gasteiger partial charge in [0.15, 0.2) is 5.82 Å². The summed E-state index contributed by atoms with van der Waals surface area (Å²) in [5, 5.41) is 14.1. The molecule has 1 aliphatic rings. The van der Waals surface area contributed by atoms with Crippen LogP contribution in [-0.2, 0) is 0 Å². The molecule has 1 aromatic carbocycles. The minimum Gasteiger partial charge on any atom is -0.369 e. The highest BCUT2D eigenvalue weighted by molar-refractivity contribution is 7.99. The molecule has 0 saturated carbocycles. The average Bonchev–Trinajstić information content (AvgIpc) is 3.15. The normalized spacial score (nSPS) is 15.3. The Bertz CT molecular complexity index is 936. The number of rotatable bonds is 8. The first-order valence-corrected chi connectivity index (χ1v) is 11.1. The highest BCUT2D eigenvalue weighted by atomic mass is 32.2. The molecule has 7 nitrogen and oxygen atoms in total.